The SMILES string of the molecule is CCCCNc1nc(N)c2ncn([C@@H]3O[C@@H]4CO[Si](C(C)C)(C(C)C)O[Si](C(C)C)(C(C)C)OC4[C@@H]3OCCCCCCN3C(=O)c4ccccc4C3=O)c2n1. The molecule has 3 aliphatic heterocycles. The van der Waals surface area contributed by atoms with E-state index in [1.807, 2.05) is 4.57 Å². The van der Waals surface area contributed by atoms with Crippen LogP contribution in [0.4, 0.5) is 11.8 Å². The molecule has 4 atom stereocenters. The normalized spacial score (nSPS) is 23.4. The summed E-state index contributed by atoms with van der Waals surface area (Å²) in [7, 11) is -5.79. The fourth-order valence-electron chi connectivity index (χ4n) is 8.49. The maximum atomic E-state index is 12.8. The number of carbonyl (C=O) groups is 2. The summed E-state index contributed by atoms with van der Waals surface area (Å²) in [6, 6.07) is 7.02. The van der Waals surface area contributed by atoms with Gasteiger partial charge in [0.2, 0.25) is 5.95 Å². The van der Waals surface area contributed by atoms with Crippen LogP contribution in [-0.2, 0) is 22.4 Å². The molecule has 2 aromatic heterocycles. The number of unbranched alkanes of at least 4 members (excludes halogenated alkanes) is 4. The largest absolute Gasteiger partial charge is 0.414 e. The van der Waals surface area contributed by atoms with Crippen LogP contribution in [0, 0.1) is 0 Å². The Morgan fingerprint density at radius 2 is 1.54 bits per heavy atom. The number of rotatable bonds is 17. The zero-order valence-corrected chi connectivity index (χ0v) is 36.7. The van der Waals surface area contributed by atoms with E-state index in [4.69, 9.17) is 33.2 Å². The molecule has 2 amide bonds. The summed E-state index contributed by atoms with van der Waals surface area (Å²) in [5.41, 5.74) is 9.12. The van der Waals surface area contributed by atoms with Crippen LogP contribution in [0.5, 0.6) is 0 Å². The highest BCUT2D eigenvalue weighted by atomic mass is 28.5. The molecule has 3 aliphatic rings. The number of nitrogens with one attached hydrogen (secondary N) is 1. The molecule has 56 heavy (non-hydrogen) atoms. The summed E-state index contributed by atoms with van der Waals surface area (Å²) >= 11 is 0. The van der Waals surface area contributed by atoms with E-state index in [0.717, 1.165) is 38.6 Å². The number of anilines is 2. The molecule has 5 heterocycles. The first-order valence-corrected chi connectivity index (χ1v) is 24.7. The smallest absolute Gasteiger partial charge is 0.335 e. The highest BCUT2D eigenvalue weighted by Crippen LogP contribution is 2.49. The van der Waals surface area contributed by atoms with Gasteiger partial charge in [-0.1, -0.05) is 93.7 Å². The van der Waals surface area contributed by atoms with Crippen molar-refractivity contribution < 1.29 is 32.0 Å². The fraction of sp³-hybridized carbons (Fsp3) is 0.675. The first-order valence-electron chi connectivity index (χ1n) is 20.7. The molecular weight excluding hydrogens is 747 g/mol. The summed E-state index contributed by atoms with van der Waals surface area (Å²) in [5.74, 6) is 0.306. The monoisotopic (exact) mass is 809 g/mol. The second kappa shape index (κ2) is 17.7. The van der Waals surface area contributed by atoms with E-state index in [1.165, 1.54) is 4.90 Å². The molecule has 0 aliphatic carbocycles. The number of benzene rings is 1. The van der Waals surface area contributed by atoms with Crippen LogP contribution < -0.4 is 11.1 Å². The summed E-state index contributed by atoms with van der Waals surface area (Å²) in [6.07, 6.45) is 4.84. The van der Waals surface area contributed by atoms with E-state index in [1.54, 1.807) is 30.6 Å². The summed E-state index contributed by atoms with van der Waals surface area (Å²) in [5, 5.41) is 3.31. The third kappa shape index (κ3) is 8.07. The van der Waals surface area contributed by atoms with Gasteiger partial charge in [0, 0.05) is 19.7 Å². The van der Waals surface area contributed by atoms with Crippen molar-refractivity contribution in [3.63, 3.8) is 0 Å². The molecule has 0 radical (unpaired) electrons. The molecule has 6 rings (SSSR count). The maximum absolute atomic E-state index is 12.8. The zero-order valence-electron chi connectivity index (χ0n) is 34.7. The third-order valence-corrected chi connectivity index (χ3v) is 21.9. The molecule has 14 nitrogen and oxygen atoms in total. The van der Waals surface area contributed by atoms with Crippen molar-refractivity contribution in [2.75, 3.05) is 37.4 Å². The lowest BCUT2D eigenvalue weighted by Crippen LogP contribution is -2.66. The van der Waals surface area contributed by atoms with Crippen molar-refractivity contribution in [3.05, 3.63) is 41.7 Å². The Hall–Kier alpha value is -3.26. The van der Waals surface area contributed by atoms with Crippen LogP contribution in [0.2, 0.25) is 22.2 Å². The van der Waals surface area contributed by atoms with Crippen LogP contribution in [-0.4, -0.2) is 98.0 Å². The Morgan fingerprint density at radius 3 is 2.16 bits per heavy atom. The van der Waals surface area contributed by atoms with Crippen molar-refractivity contribution in [1.29, 1.82) is 0 Å². The Morgan fingerprint density at radius 1 is 0.893 bits per heavy atom. The van der Waals surface area contributed by atoms with Crippen molar-refractivity contribution in [1.82, 2.24) is 24.4 Å². The van der Waals surface area contributed by atoms with Gasteiger partial charge in [-0.3, -0.25) is 19.1 Å². The number of nitrogens with two attached hydrogens (primary N) is 1. The van der Waals surface area contributed by atoms with Crippen molar-refractivity contribution >= 4 is 51.9 Å². The van der Waals surface area contributed by atoms with Crippen molar-refractivity contribution in [2.24, 2.45) is 0 Å². The number of hydrogen-bond acceptors (Lipinski definition) is 12. The van der Waals surface area contributed by atoms with Crippen molar-refractivity contribution in [2.45, 2.75) is 148 Å². The average Bonchev–Trinajstić information content (AvgIpc) is 3.79. The summed E-state index contributed by atoms with van der Waals surface area (Å²) in [4.78, 5) is 41.1. The number of amides is 2. The third-order valence-electron chi connectivity index (χ3n) is 11.6. The number of nitrogen functional groups attached to an aromatic ring is 1. The standard InChI is InChI=1S/C40H63N7O7Si2/c1-10-11-20-42-40-44-35(41)32-36(45-40)47(24-43-32)39-34(50-22-17-13-12-16-21-46-37(48)29-18-14-15-19-30(29)38(46)49)33-31(52-39)23-51-55(25(2)3,26(4)5)54-56(53-33,27(6)7)28(8)9/h14-15,18-19,24-28,31,33-34,39H,10-13,16-17,20-23H2,1-9H3,(H3,41,42,44,45)/t31-,33?,34+,39-/m1/s1. The Labute approximate surface area is 334 Å². The summed E-state index contributed by atoms with van der Waals surface area (Å²) < 4.78 is 37.8. The van der Waals surface area contributed by atoms with Crippen LogP contribution in [0.15, 0.2) is 30.6 Å². The quantitative estimate of drug-likeness (QED) is 0.0776. The zero-order chi connectivity index (χ0) is 40.4. The van der Waals surface area contributed by atoms with Gasteiger partial charge in [-0.25, -0.2) is 4.98 Å². The molecule has 3 N–H and O–H groups in total. The van der Waals surface area contributed by atoms with Crippen LogP contribution in [0.3, 0.4) is 0 Å². The number of aromatic nitrogens is 4. The molecule has 3 aromatic rings. The van der Waals surface area contributed by atoms with Gasteiger partial charge >= 0.3 is 17.1 Å². The number of imide groups is 1. The van der Waals surface area contributed by atoms with E-state index in [9.17, 15) is 9.59 Å². The molecule has 16 heteroatoms. The topological polar surface area (TPSA) is 165 Å². The molecule has 1 unspecified atom stereocenters. The van der Waals surface area contributed by atoms with E-state index < -0.39 is 41.7 Å². The molecule has 2 saturated heterocycles. The highest BCUT2D eigenvalue weighted by Gasteiger charge is 2.62. The molecule has 2 fully saturated rings. The van der Waals surface area contributed by atoms with E-state index >= 15 is 0 Å². The van der Waals surface area contributed by atoms with Gasteiger partial charge in [0.15, 0.2) is 17.7 Å². The molecule has 0 saturated carbocycles. The van der Waals surface area contributed by atoms with Crippen LogP contribution >= 0.6 is 0 Å². The maximum Gasteiger partial charge on any atom is 0.335 e. The Kier molecular flexibility index (Phi) is 13.4. The van der Waals surface area contributed by atoms with E-state index in [-0.39, 0.29) is 34.0 Å². The predicted molar refractivity (Wildman–Crippen MR) is 221 cm³/mol. The molecule has 0 bridgehead atoms. The molecule has 308 valence electrons. The Bertz CT molecular complexity index is 1790. The van der Waals surface area contributed by atoms with Gasteiger partial charge in [0.25, 0.3) is 11.8 Å². The van der Waals surface area contributed by atoms with Gasteiger partial charge in [-0.2, -0.15) is 9.97 Å². The van der Waals surface area contributed by atoms with E-state index in [2.05, 4.69) is 77.6 Å². The lowest BCUT2D eigenvalue weighted by atomic mass is 10.1. The predicted octanol–water partition coefficient (Wildman–Crippen LogP) is 7.72. The van der Waals surface area contributed by atoms with Gasteiger partial charge < -0.3 is 33.5 Å². The lowest BCUT2D eigenvalue weighted by molar-refractivity contribution is -0.0698. The number of imidazole rings is 1. The fourth-order valence-corrected chi connectivity index (χ4v) is 19.7. The number of nitrogens with zero attached hydrogens (tertiary/aromatic N) is 5. The second-order valence-electron chi connectivity index (χ2n) is 16.7. The number of ether oxygens (including phenoxy) is 2. The molecular formula is C40H63N7O7Si2. The Balaban J connectivity index is 1.24. The van der Waals surface area contributed by atoms with Crippen LogP contribution in [0.25, 0.3) is 11.2 Å². The minimum Gasteiger partial charge on any atom is -0.414 e. The highest BCUT2D eigenvalue weighted by molar-refractivity contribution is 6.84. The lowest BCUT2D eigenvalue weighted by Gasteiger charge is -2.51. The second-order valence-corrected chi connectivity index (χ2v) is 25.6. The number of fused-ring (bicyclic) bond motifs is 3. The molecule has 1 aromatic carbocycles. The average molecular weight is 810 g/mol. The van der Waals surface area contributed by atoms with Crippen molar-refractivity contribution in [3.8, 4) is 0 Å². The van der Waals surface area contributed by atoms with Crippen LogP contribution in [0.1, 0.15) is 128 Å². The number of carbonyl (C=O) groups excluding carboxylic acids is 2. The van der Waals surface area contributed by atoms with Gasteiger partial charge in [0.1, 0.15) is 23.8 Å². The first-order chi connectivity index (χ1) is 26.8. The van der Waals surface area contributed by atoms with Gasteiger partial charge in [-0.05, 0) is 53.6 Å². The summed E-state index contributed by atoms with van der Waals surface area (Å²) in [6.45, 7) is 21.7. The first kappa shape index (κ1) is 42.4. The molecule has 0 spiro atoms. The van der Waals surface area contributed by atoms with Gasteiger partial charge in [0.05, 0.1) is 24.1 Å². The van der Waals surface area contributed by atoms with E-state index in [0.29, 0.717) is 60.2 Å². The number of hydrogen-bond donors (Lipinski definition) is 2. The minimum atomic E-state index is -2.99. The van der Waals surface area contributed by atoms with Gasteiger partial charge in [-0.15, -0.1) is 0 Å². The minimum absolute atomic E-state index is 0.134.